The van der Waals surface area contributed by atoms with Gasteiger partial charge in [-0.25, -0.2) is 0 Å². The third-order valence-electron chi connectivity index (χ3n) is 2.97. The Morgan fingerprint density at radius 2 is 2.19 bits per heavy atom. The zero-order chi connectivity index (χ0) is 15.8. The lowest BCUT2D eigenvalue weighted by Gasteiger charge is -2.18. The third kappa shape index (κ3) is 5.64. The quantitative estimate of drug-likeness (QED) is 0.543. The van der Waals surface area contributed by atoms with Crippen molar-refractivity contribution < 1.29 is 13.9 Å². The molecule has 1 amide bonds. The van der Waals surface area contributed by atoms with Gasteiger partial charge < -0.3 is 14.5 Å². The fraction of sp³-hybridized carbons (Fsp3) is 0.769. The van der Waals surface area contributed by atoms with Crippen molar-refractivity contribution in [1.29, 1.82) is 0 Å². The molecule has 0 saturated heterocycles. The van der Waals surface area contributed by atoms with Gasteiger partial charge in [-0.1, -0.05) is 18.7 Å². The van der Waals surface area contributed by atoms with Gasteiger partial charge in [0.05, 0.1) is 17.9 Å². The Morgan fingerprint density at radius 1 is 1.48 bits per heavy atom. The zero-order valence-corrected chi connectivity index (χ0v) is 14.1. The molecule has 0 radical (unpaired) electrons. The van der Waals surface area contributed by atoms with E-state index in [1.165, 1.54) is 11.8 Å². The predicted molar refractivity (Wildman–Crippen MR) is 81.2 cm³/mol. The van der Waals surface area contributed by atoms with Crippen LogP contribution in [0.4, 0.5) is 0 Å². The maximum atomic E-state index is 11.8. The molecule has 0 aliphatic heterocycles. The van der Waals surface area contributed by atoms with E-state index >= 15 is 0 Å². The second-order valence-corrected chi connectivity index (χ2v) is 6.13. The molecular weight excluding hydrogens is 292 g/mol. The zero-order valence-electron chi connectivity index (χ0n) is 13.3. The van der Waals surface area contributed by atoms with Crippen molar-refractivity contribution in [2.24, 2.45) is 0 Å². The van der Waals surface area contributed by atoms with Crippen molar-refractivity contribution in [1.82, 2.24) is 20.4 Å². The van der Waals surface area contributed by atoms with Crippen molar-refractivity contribution in [2.75, 3.05) is 34.4 Å². The Labute approximate surface area is 129 Å². The second-order valence-electron chi connectivity index (χ2n) is 4.84. The van der Waals surface area contributed by atoms with Crippen molar-refractivity contribution in [3.63, 3.8) is 0 Å². The number of nitrogens with one attached hydrogen (secondary N) is 1. The molecule has 0 spiro atoms. The van der Waals surface area contributed by atoms with Crippen molar-refractivity contribution in [3.05, 3.63) is 5.89 Å². The SMILES string of the molecule is CC[C@@H](c1nnc(S[C@@H](C)C(=O)NCCOC)o1)N(C)C. The molecule has 1 rings (SSSR count). The molecular formula is C13H24N4O3S. The summed E-state index contributed by atoms with van der Waals surface area (Å²) in [5, 5.41) is 11.0. The summed E-state index contributed by atoms with van der Waals surface area (Å²) in [7, 11) is 5.54. The molecule has 0 aliphatic carbocycles. The number of carbonyl (C=O) groups is 1. The minimum Gasteiger partial charge on any atom is -0.414 e. The molecule has 0 unspecified atom stereocenters. The number of nitrogens with zero attached hydrogens (tertiary/aromatic N) is 3. The Kier molecular flexibility index (Phi) is 7.69. The molecule has 21 heavy (non-hydrogen) atoms. The van der Waals surface area contributed by atoms with Crippen molar-refractivity contribution in [2.45, 2.75) is 36.8 Å². The van der Waals surface area contributed by atoms with Crippen molar-refractivity contribution >= 4 is 17.7 Å². The van der Waals surface area contributed by atoms with Crippen LogP contribution in [0.15, 0.2) is 9.64 Å². The van der Waals surface area contributed by atoms with E-state index in [2.05, 4.69) is 22.4 Å². The number of rotatable bonds is 9. The van der Waals surface area contributed by atoms with Crippen LogP contribution in [-0.2, 0) is 9.53 Å². The number of carbonyl (C=O) groups excluding carboxylic acids is 1. The van der Waals surface area contributed by atoms with Gasteiger partial charge in [-0.3, -0.25) is 9.69 Å². The third-order valence-corrected chi connectivity index (χ3v) is 3.90. The van der Waals surface area contributed by atoms with E-state index in [0.29, 0.717) is 24.3 Å². The van der Waals surface area contributed by atoms with Gasteiger partial charge in [-0.15, -0.1) is 10.2 Å². The normalized spacial score (nSPS) is 14.2. The summed E-state index contributed by atoms with van der Waals surface area (Å²) in [6, 6.07) is 0.0951. The Hall–Kier alpha value is -1.12. The van der Waals surface area contributed by atoms with Crippen LogP contribution in [-0.4, -0.2) is 60.6 Å². The van der Waals surface area contributed by atoms with Crippen LogP contribution in [0.3, 0.4) is 0 Å². The maximum Gasteiger partial charge on any atom is 0.277 e. The fourth-order valence-electron chi connectivity index (χ4n) is 1.79. The summed E-state index contributed by atoms with van der Waals surface area (Å²) in [4.78, 5) is 13.9. The minimum absolute atomic E-state index is 0.0727. The number of ether oxygens (including phenoxy) is 1. The van der Waals surface area contributed by atoms with E-state index in [4.69, 9.17) is 9.15 Å². The first-order valence-electron chi connectivity index (χ1n) is 6.92. The molecule has 120 valence electrons. The number of methoxy groups -OCH3 is 1. The number of thioether (sulfide) groups is 1. The molecule has 0 bridgehead atoms. The molecule has 0 aromatic carbocycles. The number of hydrogen-bond donors (Lipinski definition) is 1. The smallest absolute Gasteiger partial charge is 0.277 e. The maximum absolute atomic E-state index is 11.8. The highest BCUT2D eigenvalue weighted by atomic mass is 32.2. The summed E-state index contributed by atoms with van der Waals surface area (Å²) in [6.45, 7) is 4.86. The summed E-state index contributed by atoms with van der Waals surface area (Å²) in [6.07, 6.45) is 0.881. The Bertz CT molecular complexity index is 439. The molecule has 0 saturated carbocycles. The first-order valence-corrected chi connectivity index (χ1v) is 7.80. The van der Waals surface area contributed by atoms with E-state index < -0.39 is 0 Å². The summed E-state index contributed by atoms with van der Waals surface area (Å²) >= 11 is 1.26. The average molecular weight is 316 g/mol. The first-order chi connectivity index (χ1) is 9.99. The van der Waals surface area contributed by atoms with Crippen LogP contribution < -0.4 is 5.32 Å². The number of hydrogen-bond acceptors (Lipinski definition) is 7. The average Bonchev–Trinajstić information content (AvgIpc) is 2.87. The van der Waals surface area contributed by atoms with Crippen LogP contribution in [0, 0.1) is 0 Å². The highest BCUT2D eigenvalue weighted by Crippen LogP contribution is 2.26. The van der Waals surface area contributed by atoms with Crippen LogP contribution >= 0.6 is 11.8 Å². The molecule has 1 aromatic rings. The van der Waals surface area contributed by atoms with Crippen LogP contribution in [0.5, 0.6) is 0 Å². The van der Waals surface area contributed by atoms with E-state index in [0.717, 1.165) is 6.42 Å². The second kappa shape index (κ2) is 9.01. The Balaban J connectivity index is 2.55. The van der Waals surface area contributed by atoms with Gasteiger partial charge in [0, 0.05) is 13.7 Å². The predicted octanol–water partition coefficient (Wildman–Crippen LogP) is 1.33. The number of amides is 1. The minimum atomic E-state index is -0.297. The van der Waals surface area contributed by atoms with Gasteiger partial charge in [0.15, 0.2) is 0 Å². The summed E-state index contributed by atoms with van der Waals surface area (Å²) < 4.78 is 10.5. The van der Waals surface area contributed by atoms with E-state index in [9.17, 15) is 4.79 Å². The van der Waals surface area contributed by atoms with E-state index in [-0.39, 0.29) is 17.2 Å². The van der Waals surface area contributed by atoms with Crippen LogP contribution in [0.2, 0.25) is 0 Å². The van der Waals surface area contributed by atoms with Crippen LogP contribution in [0.25, 0.3) is 0 Å². The summed E-state index contributed by atoms with van der Waals surface area (Å²) in [5.74, 6) is 0.508. The highest BCUT2D eigenvalue weighted by molar-refractivity contribution is 8.00. The lowest BCUT2D eigenvalue weighted by molar-refractivity contribution is -0.120. The monoisotopic (exact) mass is 316 g/mol. The van der Waals surface area contributed by atoms with Gasteiger partial charge in [0.25, 0.3) is 5.22 Å². The Morgan fingerprint density at radius 3 is 2.76 bits per heavy atom. The highest BCUT2D eigenvalue weighted by Gasteiger charge is 2.22. The first kappa shape index (κ1) is 17.9. The molecule has 1 N–H and O–H groups in total. The molecule has 7 nitrogen and oxygen atoms in total. The van der Waals surface area contributed by atoms with Gasteiger partial charge in [-0.05, 0) is 27.4 Å². The fourth-order valence-corrected chi connectivity index (χ4v) is 2.50. The van der Waals surface area contributed by atoms with Gasteiger partial charge in [-0.2, -0.15) is 0 Å². The standard InChI is InChI=1S/C13H24N4O3S/c1-6-10(17(3)4)12-15-16-13(20-12)21-9(2)11(18)14-7-8-19-5/h9-10H,6-8H2,1-5H3,(H,14,18)/t9-,10-/m0/s1. The topological polar surface area (TPSA) is 80.5 Å². The largest absolute Gasteiger partial charge is 0.414 e. The molecule has 0 aliphatic rings. The number of aromatic nitrogens is 2. The van der Waals surface area contributed by atoms with Gasteiger partial charge in [0.2, 0.25) is 11.8 Å². The van der Waals surface area contributed by atoms with E-state index in [1.54, 1.807) is 14.0 Å². The van der Waals surface area contributed by atoms with Gasteiger partial charge >= 0.3 is 0 Å². The summed E-state index contributed by atoms with van der Waals surface area (Å²) in [5.41, 5.74) is 0. The molecule has 1 heterocycles. The van der Waals surface area contributed by atoms with Crippen molar-refractivity contribution in [3.8, 4) is 0 Å². The van der Waals surface area contributed by atoms with Gasteiger partial charge in [0.1, 0.15) is 0 Å². The molecule has 0 fully saturated rings. The molecule has 2 atom stereocenters. The van der Waals surface area contributed by atoms with Crippen LogP contribution in [0.1, 0.15) is 32.2 Å². The van der Waals surface area contributed by atoms with E-state index in [1.807, 2.05) is 19.0 Å². The lowest BCUT2D eigenvalue weighted by Crippen LogP contribution is -2.33. The molecule has 8 heteroatoms. The lowest BCUT2D eigenvalue weighted by atomic mass is 10.2. The molecule has 1 aromatic heterocycles.